The number of esters is 1. The zero-order valence-corrected chi connectivity index (χ0v) is 20.1. The van der Waals surface area contributed by atoms with Crippen LogP contribution >= 0.6 is 23.1 Å². The normalized spacial score (nSPS) is 33.1. The van der Waals surface area contributed by atoms with Crippen LogP contribution in [0.2, 0.25) is 0 Å². The van der Waals surface area contributed by atoms with Gasteiger partial charge in [-0.3, -0.25) is 19.3 Å². The number of thioether (sulfide) groups is 1. The second kappa shape index (κ2) is 7.06. The lowest BCUT2D eigenvalue weighted by atomic mass is 9.64. The van der Waals surface area contributed by atoms with Crippen molar-refractivity contribution >= 4 is 46.6 Å². The Bertz CT molecular complexity index is 1250. The van der Waals surface area contributed by atoms with E-state index in [2.05, 4.69) is 18.8 Å². The predicted molar refractivity (Wildman–Crippen MR) is 125 cm³/mol. The molecule has 4 aliphatic rings. The number of aromatic nitrogens is 1. The van der Waals surface area contributed by atoms with E-state index in [4.69, 9.17) is 4.74 Å². The van der Waals surface area contributed by atoms with Crippen molar-refractivity contribution in [2.24, 2.45) is 29.6 Å². The molecule has 0 spiro atoms. The van der Waals surface area contributed by atoms with Crippen LogP contribution < -0.4 is 9.77 Å². The van der Waals surface area contributed by atoms with E-state index < -0.39 is 5.97 Å². The molecule has 2 aliphatic heterocycles. The maximum Gasteiger partial charge on any atom is 0.338 e. The van der Waals surface area contributed by atoms with Gasteiger partial charge < -0.3 is 9.72 Å². The summed E-state index contributed by atoms with van der Waals surface area (Å²) in [7, 11) is 0. The number of hydrogen-bond acceptors (Lipinski definition) is 7. The number of amides is 2. The second-order valence-corrected chi connectivity index (χ2v) is 12.1. The number of carbonyl (C=O) groups excluding carboxylic acids is 3. The molecule has 3 fully saturated rings. The van der Waals surface area contributed by atoms with Gasteiger partial charge in [-0.1, -0.05) is 25.2 Å². The van der Waals surface area contributed by atoms with E-state index in [-0.39, 0.29) is 63.5 Å². The molecule has 6 rings (SSSR count). The van der Waals surface area contributed by atoms with Crippen LogP contribution in [0.15, 0.2) is 34.1 Å². The highest BCUT2D eigenvalue weighted by Crippen LogP contribution is 2.69. The van der Waals surface area contributed by atoms with Crippen LogP contribution in [0.3, 0.4) is 0 Å². The highest BCUT2D eigenvalue weighted by molar-refractivity contribution is 8.00. The summed E-state index contributed by atoms with van der Waals surface area (Å²) in [5.41, 5.74) is 0.673. The number of aromatic amines is 1. The number of imide groups is 1. The minimum Gasteiger partial charge on any atom is -0.462 e. The van der Waals surface area contributed by atoms with Gasteiger partial charge in [0.2, 0.25) is 11.8 Å². The van der Waals surface area contributed by atoms with E-state index in [9.17, 15) is 19.2 Å². The topological polar surface area (TPSA) is 96.5 Å². The third-order valence-electron chi connectivity index (χ3n) is 8.03. The first-order valence-electron chi connectivity index (χ1n) is 11.3. The molecular weight excluding hydrogens is 460 g/mol. The number of ether oxygens (including phenoxy) is 1. The lowest BCUT2D eigenvalue weighted by molar-refractivity contribution is -0.123. The van der Waals surface area contributed by atoms with Crippen molar-refractivity contribution in [3.05, 3.63) is 44.4 Å². The van der Waals surface area contributed by atoms with Crippen molar-refractivity contribution in [1.29, 1.82) is 0 Å². The zero-order valence-electron chi connectivity index (χ0n) is 18.5. The van der Waals surface area contributed by atoms with Gasteiger partial charge in [0.15, 0.2) is 0 Å². The van der Waals surface area contributed by atoms with E-state index in [1.807, 2.05) is 0 Å². The van der Waals surface area contributed by atoms with E-state index >= 15 is 0 Å². The molecule has 0 radical (unpaired) electrons. The van der Waals surface area contributed by atoms with Crippen LogP contribution in [0.25, 0.3) is 0 Å². The fourth-order valence-corrected chi connectivity index (χ4v) is 10.0. The molecule has 7 nitrogen and oxygen atoms in total. The van der Waals surface area contributed by atoms with Crippen molar-refractivity contribution in [2.75, 3.05) is 11.5 Å². The average molecular weight is 485 g/mol. The van der Waals surface area contributed by atoms with Crippen molar-refractivity contribution in [3.8, 4) is 0 Å². The fraction of sp³-hybridized carbons (Fsp3) is 0.500. The van der Waals surface area contributed by atoms with Crippen molar-refractivity contribution in [3.63, 3.8) is 0 Å². The van der Waals surface area contributed by atoms with Crippen LogP contribution in [-0.2, 0) is 19.7 Å². The maximum absolute atomic E-state index is 13.6. The number of benzene rings is 1. The number of fused-ring (bicyclic) bond motifs is 9. The first kappa shape index (κ1) is 21.2. The molecule has 9 heteroatoms. The van der Waals surface area contributed by atoms with Crippen LogP contribution in [-0.4, -0.2) is 34.6 Å². The molecule has 3 heterocycles. The number of anilines is 1. The van der Waals surface area contributed by atoms with Crippen LogP contribution in [0, 0.1) is 29.6 Å². The molecule has 1 aromatic carbocycles. The standard InChI is InChI=1S/C24H24N2O5S2/c1-4-31-22(29)10-5-7-11(8-6-10)26-20(27)14-12-9-13(15(14)21(26)28)17-16(12)24(2,3)18-19(32-17)25-23(30)33-18/h5-8,12-17H,4,9H2,1-3H3,(H,25,30)/t12-,13+,14?,15?,16?,17?/m0/s1. The Morgan fingerprint density at radius 1 is 1.12 bits per heavy atom. The van der Waals surface area contributed by atoms with Gasteiger partial charge in [-0.15, -0.1) is 11.8 Å². The molecule has 172 valence electrons. The quantitative estimate of drug-likeness (QED) is 0.530. The van der Waals surface area contributed by atoms with Crippen molar-refractivity contribution < 1.29 is 19.1 Å². The third-order valence-corrected chi connectivity index (χ3v) is 10.8. The summed E-state index contributed by atoms with van der Waals surface area (Å²) in [5, 5.41) is 1.15. The highest BCUT2D eigenvalue weighted by atomic mass is 32.2. The summed E-state index contributed by atoms with van der Waals surface area (Å²) in [5.74, 6) is -0.836. The largest absolute Gasteiger partial charge is 0.462 e. The summed E-state index contributed by atoms with van der Waals surface area (Å²) in [4.78, 5) is 56.5. The van der Waals surface area contributed by atoms with Crippen LogP contribution in [0.4, 0.5) is 5.69 Å². The number of hydrogen-bond donors (Lipinski definition) is 1. The van der Waals surface area contributed by atoms with E-state index in [1.165, 1.54) is 16.2 Å². The monoisotopic (exact) mass is 484 g/mol. The van der Waals surface area contributed by atoms with E-state index in [0.29, 0.717) is 11.3 Å². The van der Waals surface area contributed by atoms with Crippen molar-refractivity contribution in [1.82, 2.24) is 4.98 Å². The molecular formula is C24H24N2O5S2. The molecule has 2 saturated carbocycles. The van der Waals surface area contributed by atoms with Crippen LogP contribution in [0.5, 0.6) is 0 Å². The lowest BCUT2D eigenvalue weighted by Gasteiger charge is -2.47. The Balaban J connectivity index is 1.33. The predicted octanol–water partition coefficient (Wildman–Crippen LogP) is 3.44. The van der Waals surface area contributed by atoms with E-state index in [1.54, 1.807) is 43.0 Å². The summed E-state index contributed by atoms with van der Waals surface area (Å²) >= 11 is 2.97. The fourth-order valence-electron chi connectivity index (χ4n) is 6.87. The highest BCUT2D eigenvalue weighted by Gasteiger charge is 2.70. The van der Waals surface area contributed by atoms with Gasteiger partial charge >= 0.3 is 10.8 Å². The zero-order chi connectivity index (χ0) is 23.2. The minimum absolute atomic E-state index is 0.0438. The van der Waals surface area contributed by atoms with Gasteiger partial charge in [-0.2, -0.15) is 0 Å². The molecule has 6 atom stereocenters. The number of nitrogens with one attached hydrogen (secondary N) is 1. The Morgan fingerprint density at radius 3 is 2.45 bits per heavy atom. The molecule has 1 saturated heterocycles. The van der Waals surface area contributed by atoms with Gasteiger partial charge in [0, 0.05) is 15.5 Å². The summed E-state index contributed by atoms with van der Waals surface area (Å²) in [6.45, 7) is 6.38. The molecule has 1 aromatic heterocycles. The maximum atomic E-state index is 13.6. The van der Waals surface area contributed by atoms with Gasteiger partial charge in [0.25, 0.3) is 0 Å². The van der Waals surface area contributed by atoms with Crippen molar-refractivity contribution in [2.45, 2.75) is 42.9 Å². The molecule has 33 heavy (non-hydrogen) atoms. The number of thiazole rings is 1. The van der Waals surface area contributed by atoms with Crippen LogP contribution in [0.1, 0.15) is 42.4 Å². The van der Waals surface area contributed by atoms with Gasteiger partial charge in [0.05, 0.1) is 34.7 Å². The number of carbonyl (C=O) groups is 3. The summed E-state index contributed by atoms with van der Waals surface area (Å²) in [6, 6.07) is 6.51. The number of H-pyrrole nitrogens is 1. The Hall–Kier alpha value is -2.39. The molecule has 1 N–H and O–H groups in total. The first-order chi connectivity index (χ1) is 15.7. The Morgan fingerprint density at radius 2 is 1.79 bits per heavy atom. The first-order valence-corrected chi connectivity index (χ1v) is 13.0. The second-order valence-electron chi connectivity index (χ2n) is 9.90. The Kier molecular flexibility index (Phi) is 4.52. The van der Waals surface area contributed by atoms with Gasteiger partial charge in [-0.05, 0) is 55.4 Å². The molecule has 2 aromatic rings. The molecule has 2 aliphatic carbocycles. The summed E-state index contributed by atoms with van der Waals surface area (Å²) in [6.07, 6.45) is 0.882. The lowest BCUT2D eigenvalue weighted by Crippen LogP contribution is -2.48. The Labute approximate surface area is 198 Å². The minimum atomic E-state index is -0.424. The third kappa shape index (κ3) is 2.75. The smallest absolute Gasteiger partial charge is 0.338 e. The van der Waals surface area contributed by atoms with Gasteiger partial charge in [-0.25, -0.2) is 4.79 Å². The number of rotatable bonds is 3. The van der Waals surface area contributed by atoms with Gasteiger partial charge in [0.1, 0.15) is 0 Å². The summed E-state index contributed by atoms with van der Waals surface area (Å²) < 4.78 is 5.02. The molecule has 2 amide bonds. The number of nitrogens with zero attached hydrogens (tertiary/aromatic N) is 1. The van der Waals surface area contributed by atoms with E-state index in [0.717, 1.165) is 16.3 Å². The molecule has 4 unspecified atom stereocenters. The SMILES string of the molecule is CCOC(=O)c1ccc(N2C(=O)C3C(C2=O)[C@@H]2C[C@H]3C3Sc4[nH]c(=O)sc4C(C)(C)C32)cc1. The molecule has 2 bridgehead atoms. The average Bonchev–Trinajstić information content (AvgIpc) is 3.50.